The van der Waals surface area contributed by atoms with Crippen molar-refractivity contribution < 1.29 is 24.1 Å². The highest BCUT2D eigenvalue weighted by Crippen LogP contribution is 2.36. The molecule has 0 radical (unpaired) electrons. The van der Waals surface area contributed by atoms with E-state index in [4.69, 9.17) is 14.2 Å². The van der Waals surface area contributed by atoms with Gasteiger partial charge < -0.3 is 19.3 Å². The summed E-state index contributed by atoms with van der Waals surface area (Å²) in [4.78, 5) is 31.8. The Hall–Kier alpha value is -2.39. The van der Waals surface area contributed by atoms with E-state index in [-0.39, 0.29) is 23.5 Å². The maximum absolute atomic E-state index is 13.8. The molecule has 8 nitrogen and oxygen atoms in total. The number of fused-ring (bicyclic) bond motifs is 1. The summed E-state index contributed by atoms with van der Waals surface area (Å²) in [5.74, 6) is 0.545. The van der Waals surface area contributed by atoms with Gasteiger partial charge in [0.25, 0.3) is 5.56 Å². The minimum Gasteiger partial charge on any atom is -0.506 e. The summed E-state index contributed by atoms with van der Waals surface area (Å²) in [6.45, 7) is 3.64. The number of carbonyl (C=O) groups excluding carboxylic acids is 1. The maximum Gasteiger partial charge on any atom is 0.338 e. The van der Waals surface area contributed by atoms with Gasteiger partial charge in [-0.05, 0) is 94.9 Å². The van der Waals surface area contributed by atoms with Gasteiger partial charge in [-0.15, -0.1) is 0 Å². The average molecular weight is 732 g/mol. The van der Waals surface area contributed by atoms with Gasteiger partial charge in [0, 0.05) is 9.13 Å². The molecule has 1 N–H and O–H groups in total. The Morgan fingerprint density at radius 1 is 1.19 bits per heavy atom. The van der Waals surface area contributed by atoms with Crippen molar-refractivity contribution >= 4 is 68.6 Å². The molecule has 0 aliphatic carbocycles. The second-order valence-electron chi connectivity index (χ2n) is 7.74. The Kier molecular flexibility index (Phi) is 8.09. The lowest BCUT2D eigenvalue weighted by molar-refractivity contribution is -0.139. The molecule has 0 amide bonds. The summed E-state index contributed by atoms with van der Waals surface area (Å²) in [6, 6.07) is 8.13. The summed E-state index contributed by atoms with van der Waals surface area (Å²) < 4.78 is 19.7. The van der Waals surface area contributed by atoms with E-state index in [1.165, 1.54) is 30.1 Å². The fourth-order valence-electron chi connectivity index (χ4n) is 3.97. The number of hydrogen-bond donors (Lipinski definition) is 1. The third kappa shape index (κ3) is 4.92. The van der Waals surface area contributed by atoms with E-state index in [1.807, 2.05) is 6.07 Å². The van der Waals surface area contributed by atoms with Crippen LogP contribution in [-0.2, 0) is 9.53 Å². The predicted octanol–water partition coefficient (Wildman–Crippen LogP) is 3.73. The van der Waals surface area contributed by atoms with Gasteiger partial charge in [0.05, 0.1) is 46.2 Å². The van der Waals surface area contributed by atoms with Crippen molar-refractivity contribution in [2.45, 2.75) is 19.9 Å². The molecule has 1 aliphatic rings. The highest BCUT2D eigenvalue weighted by molar-refractivity contribution is 14.1. The zero-order valence-corrected chi connectivity index (χ0v) is 24.9. The van der Waals surface area contributed by atoms with Crippen LogP contribution < -0.4 is 24.4 Å². The largest absolute Gasteiger partial charge is 0.506 e. The third-order valence-electron chi connectivity index (χ3n) is 5.58. The first-order valence-electron chi connectivity index (χ1n) is 10.8. The second kappa shape index (κ2) is 10.9. The second-order valence-corrected chi connectivity index (χ2v) is 11.2. The fourth-order valence-corrected chi connectivity index (χ4v) is 6.89. The van der Waals surface area contributed by atoms with Crippen LogP contribution in [0, 0.1) is 7.14 Å². The summed E-state index contributed by atoms with van der Waals surface area (Å²) in [5, 5.41) is 10.6. The number of thiazole rings is 1. The number of nitrogens with zero attached hydrogens (tertiary/aromatic N) is 2. The number of aromatic hydroxyl groups is 1. The number of halogens is 2. The van der Waals surface area contributed by atoms with Crippen molar-refractivity contribution in [3.63, 3.8) is 0 Å². The highest BCUT2D eigenvalue weighted by Gasteiger charge is 2.34. The van der Waals surface area contributed by atoms with Crippen molar-refractivity contribution in [1.82, 2.24) is 4.57 Å². The lowest BCUT2D eigenvalue weighted by atomic mass is 9.95. The lowest BCUT2D eigenvalue weighted by Crippen LogP contribution is -2.40. The molecule has 0 spiro atoms. The Labute approximate surface area is 238 Å². The van der Waals surface area contributed by atoms with Gasteiger partial charge in [0.2, 0.25) is 0 Å². The average Bonchev–Trinajstić information content (AvgIpc) is 3.15. The van der Waals surface area contributed by atoms with Gasteiger partial charge in [-0.1, -0.05) is 17.4 Å². The Morgan fingerprint density at radius 3 is 2.58 bits per heavy atom. The molecular formula is C25H22I2N2O6S. The summed E-state index contributed by atoms with van der Waals surface area (Å²) >= 11 is 5.41. The molecule has 0 saturated carbocycles. The monoisotopic (exact) mass is 732 g/mol. The number of methoxy groups -OCH3 is 2. The molecule has 1 atom stereocenters. The van der Waals surface area contributed by atoms with Gasteiger partial charge in [0.15, 0.2) is 16.3 Å². The van der Waals surface area contributed by atoms with Gasteiger partial charge in [-0.25, -0.2) is 9.79 Å². The number of allylic oxidation sites excluding steroid dienone is 1. The number of phenols is 1. The topological polar surface area (TPSA) is 99.4 Å². The van der Waals surface area contributed by atoms with Gasteiger partial charge in [-0.3, -0.25) is 9.36 Å². The standard InChI is InChI=1S/C25H22I2N2O6S/c1-5-35-24(32)20-12(2)28-25-29(21(20)13-6-7-17(33-3)18(9-13)34-4)23(31)19(36-25)10-14-8-15(26)11-16(27)22(14)30/h6-11,21,30H,5H2,1-4H3/b19-10-. The first-order valence-corrected chi connectivity index (χ1v) is 13.8. The van der Waals surface area contributed by atoms with E-state index in [1.54, 1.807) is 44.2 Å². The highest BCUT2D eigenvalue weighted by atomic mass is 127. The Balaban J connectivity index is 2.00. The molecule has 2 aromatic carbocycles. The number of hydrogen-bond acceptors (Lipinski definition) is 8. The SMILES string of the molecule is CCOC(=O)C1=C(C)N=c2s/c(=C\c3cc(I)cc(I)c3O)c(=O)n2C1c1ccc(OC)c(OC)c1. The number of benzene rings is 2. The zero-order chi connectivity index (χ0) is 26.1. The van der Waals surface area contributed by atoms with Crippen LogP contribution >= 0.6 is 56.5 Å². The van der Waals surface area contributed by atoms with Crippen molar-refractivity contribution in [3.05, 3.63) is 79.6 Å². The van der Waals surface area contributed by atoms with Gasteiger partial charge in [-0.2, -0.15) is 0 Å². The third-order valence-corrected chi connectivity index (χ3v) is 8.01. The van der Waals surface area contributed by atoms with Crippen LogP contribution in [0.1, 0.15) is 31.0 Å². The molecule has 0 saturated heterocycles. The number of rotatable bonds is 6. The van der Waals surface area contributed by atoms with Crippen LogP contribution in [0.2, 0.25) is 0 Å². The quantitative estimate of drug-likeness (QED) is 0.307. The van der Waals surface area contributed by atoms with Crippen molar-refractivity contribution in [2.75, 3.05) is 20.8 Å². The van der Waals surface area contributed by atoms with Crippen molar-refractivity contribution in [2.24, 2.45) is 4.99 Å². The number of carbonyl (C=O) groups is 1. The van der Waals surface area contributed by atoms with Crippen LogP contribution in [0.15, 0.2) is 51.4 Å². The minimum absolute atomic E-state index is 0.0988. The molecule has 1 aliphatic heterocycles. The molecule has 2 heterocycles. The molecule has 36 heavy (non-hydrogen) atoms. The summed E-state index contributed by atoms with van der Waals surface area (Å²) in [6.07, 6.45) is 1.65. The van der Waals surface area contributed by atoms with Crippen LogP contribution in [0.25, 0.3) is 6.08 Å². The van der Waals surface area contributed by atoms with Crippen LogP contribution in [-0.4, -0.2) is 36.5 Å². The van der Waals surface area contributed by atoms with Gasteiger partial charge >= 0.3 is 5.97 Å². The van der Waals surface area contributed by atoms with E-state index < -0.39 is 12.0 Å². The van der Waals surface area contributed by atoms with E-state index in [9.17, 15) is 14.7 Å². The molecule has 0 fully saturated rings. The molecular weight excluding hydrogens is 710 g/mol. The molecule has 0 bridgehead atoms. The predicted molar refractivity (Wildman–Crippen MR) is 153 cm³/mol. The fraction of sp³-hybridized carbons (Fsp3) is 0.240. The molecule has 188 valence electrons. The van der Waals surface area contributed by atoms with Crippen molar-refractivity contribution in [3.8, 4) is 17.2 Å². The van der Waals surface area contributed by atoms with Crippen LogP contribution in [0.4, 0.5) is 0 Å². The van der Waals surface area contributed by atoms with E-state index in [0.717, 1.165) is 3.57 Å². The lowest BCUT2D eigenvalue weighted by Gasteiger charge is -2.25. The van der Waals surface area contributed by atoms with Gasteiger partial charge in [0.1, 0.15) is 5.75 Å². The minimum atomic E-state index is -0.785. The Bertz CT molecular complexity index is 1570. The molecule has 1 aromatic heterocycles. The molecule has 3 aromatic rings. The molecule has 1 unspecified atom stereocenters. The zero-order valence-electron chi connectivity index (χ0n) is 19.8. The number of phenolic OH excluding ortho intramolecular Hbond substituents is 1. The smallest absolute Gasteiger partial charge is 0.338 e. The molecule has 11 heteroatoms. The maximum atomic E-state index is 13.8. The Morgan fingerprint density at radius 2 is 1.92 bits per heavy atom. The number of esters is 1. The normalized spacial score (nSPS) is 15.4. The van der Waals surface area contributed by atoms with E-state index in [0.29, 0.717) is 41.2 Å². The van der Waals surface area contributed by atoms with Crippen LogP contribution in [0.3, 0.4) is 0 Å². The van der Waals surface area contributed by atoms with E-state index in [2.05, 4.69) is 50.2 Å². The van der Waals surface area contributed by atoms with E-state index >= 15 is 0 Å². The number of ether oxygens (including phenoxy) is 3. The number of aromatic nitrogens is 1. The summed E-state index contributed by atoms with van der Waals surface area (Å²) in [5.41, 5.74) is 1.58. The summed E-state index contributed by atoms with van der Waals surface area (Å²) in [7, 11) is 3.06. The first-order chi connectivity index (χ1) is 17.2. The van der Waals surface area contributed by atoms with Crippen molar-refractivity contribution in [1.29, 1.82) is 0 Å². The first kappa shape index (κ1) is 26.7. The van der Waals surface area contributed by atoms with Crippen LogP contribution in [0.5, 0.6) is 17.2 Å². The molecule has 4 rings (SSSR count).